The molecule has 166 valence electrons. The molecule has 2 aromatic carbocycles. The van der Waals surface area contributed by atoms with Crippen LogP contribution >= 0.6 is 0 Å². The van der Waals surface area contributed by atoms with Crippen LogP contribution in [0, 0.1) is 5.92 Å². The molecular formula is C24H26N4O3S. The van der Waals surface area contributed by atoms with E-state index in [1.54, 1.807) is 24.5 Å². The van der Waals surface area contributed by atoms with Gasteiger partial charge in [-0.1, -0.05) is 18.2 Å². The first kappa shape index (κ1) is 21.1. The van der Waals surface area contributed by atoms with Crippen molar-refractivity contribution in [1.29, 1.82) is 0 Å². The summed E-state index contributed by atoms with van der Waals surface area (Å²) in [6, 6.07) is 14.6. The van der Waals surface area contributed by atoms with Crippen molar-refractivity contribution in [3.8, 4) is 0 Å². The van der Waals surface area contributed by atoms with E-state index in [9.17, 15) is 13.2 Å². The number of carbonyl (C=O) groups excluding carboxylic acids is 1. The topological polar surface area (TPSA) is 100 Å². The first-order chi connectivity index (χ1) is 15.5. The van der Waals surface area contributed by atoms with Gasteiger partial charge in [-0.3, -0.25) is 9.78 Å². The maximum atomic E-state index is 12.7. The average Bonchev–Trinajstić information content (AvgIpc) is 3.61. The molecule has 5 rings (SSSR count). The Morgan fingerprint density at radius 1 is 1.00 bits per heavy atom. The smallest absolute Gasteiger partial charge is 0.240 e. The maximum absolute atomic E-state index is 12.7. The van der Waals surface area contributed by atoms with Crippen LogP contribution in [0.25, 0.3) is 10.8 Å². The van der Waals surface area contributed by atoms with Gasteiger partial charge in [0, 0.05) is 35.4 Å². The van der Waals surface area contributed by atoms with E-state index in [0.29, 0.717) is 0 Å². The third-order valence-corrected chi connectivity index (χ3v) is 7.85. The summed E-state index contributed by atoms with van der Waals surface area (Å²) in [4.78, 5) is 17.1. The van der Waals surface area contributed by atoms with E-state index in [0.717, 1.165) is 54.4 Å². The molecule has 2 aliphatic rings. The van der Waals surface area contributed by atoms with Crippen LogP contribution in [-0.4, -0.2) is 38.4 Å². The van der Waals surface area contributed by atoms with E-state index >= 15 is 0 Å². The van der Waals surface area contributed by atoms with Gasteiger partial charge in [0.15, 0.2) is 0 Å². The quantitative estimate of drug-likeness (QED) is 0.536. The molecule has 0 spiro atoms. The van der Waals surface area contributed by atoms with Gasteiger partial charge in [-0.2, -0.15) is 0 Å². The monoisotopic (exact) mass is 450 g/mol. The van der Waals surface area contributed by atoms with E-state index in [4.69, 9.17) is 0 Å². The van der Waals surface area contributed by atoms with Crippen LogP contribution in [0.5, 0.6) is 0 Å². The Bertz CT molecular complexity index is 1240. The van der Waals surface area contributed by atoms with Crippen molar-refractivity contribution < 1.29 is 13.2 Å². The number of carbonyl (C=O) groups is 1. The number of amides is 1. The molecule has 0 radical (unpaired) electrons. The number of nitrogens with zero attached hydrogens (tertiary/aromatic N) is 1. The Hall–Kier alpha value is -2.81. The molecule has 1 aromatic heterocycles. The van der Waals surface area contributed by atoms with Gasteiger partial charge in [0.1, 0.15) is 0 Å². The lowest BCUT2D eigenvalue weighted by Crippen LogP contribution is -2.42. The van der Waals surface area contributed by atoms with E-state index in [2.05, 4.69) is 20.3 Å². The Morgan fingerprint density at radius 2 is 1.78 bits per heavy atom. The molecule has 3 N–H and O–H groups in total. The molecule has 32 heavy (non-hydrogen) atoms. The van der Waals surface area contributed by atoms with E-state index < -0.39 is 10.0 Å². The number of hydrogen-bond donors (Lipinski definition) is 3. The van der Waals surface area contributed by atoms with Crippen LogP contribution in [0.15, 0.2) is 65.8 Å². The Kier molecular flexibility index (Phi) is 5.67. The third kappa shape index (κ3) is 4.53. The van der Waals surface area contributed by atoms with Crippen molar-refractivity contribution >= 4 is 32.4 Å². The second kappa shape index (κ2) is 8.61. The molecule has 3 aromatic rings. The number of sulfonamides is 1. The van der Waals surface area contributed by atoms with Gasteiger partial charge in [0.2, 0.25) is 15.9 Å². The second-order valence-electron chi connectivity index (χ2n) is 8.59. The highest BCUT2D eigenvalue weighted by Crippen LogP contribution is 2.48. The van der Waals surface area contributed by atoms with Crippen molar-refractivity contribution in [2.45, 2.75) is 36.1 Å². The summed E-state index contributed by atoms with van der Waals surface area (Å²) in [6.07, 6.45) is 5.89. The van der Waals surface area contributed by atoms with Gasteiger partial charge in [-0.25, -0.2) is 13.1 Å². The molecular weight excluding hydrogens is 424 g/mol. The minimum Gasteiger partial charge on any atom is -0.326 e. The summed E-state index contributed by atoms with van der Waals surface area (Å²) in [7, 11) is -3.53. The molecule has 2 atom stereocenters. The molecule has 2 fully saturated rings. The zero-order valence-electron chi connectivity index (χ0n) is 17.6. The van der Waals surface area contributed by atoms with Crippen LogP contribution < -0.4 is 15.4 Å². The van der Waals surface area contributed by atoms with Gasteiger partial charge in [0.25, 0.3) is 0 Å². The van der Waals surface area contributed by atoms with Gasteiger partial charge >= 0.3 is 0 Å². The lowest BCUT2D eigenvalue weighted by Gasteiger charge is -2.23. The lowest BCUT2D eigenvalue weighted by atomic mass is 10.1. The largest absolute Gasteiger partial charge is 0.326 e. The average molecular weight is 451 g/mol. The van der Waals surface area contributed by atoms with Crippen molar-refractivity contribution in [3.63, 3.8) is 0 Å². The molecule has 1 saturated carbocycles. The van der Waals surface area contributed by atoms with Gasteiger partial charge in [0.05, 0.1) is 4.90 Å². The predicted molar refractivity (Wildman–Crippen MR) is 124 cm³/mol. The highest BCUT2D eigenvalue weighted by atomic mass is 32.2. The minimum atomic E-state index is -3.53. The first-order valence-corrected chi connectivity index (χ1v) is 12.5. The van der Waals surface area contributed by atoms with Crippen molar-refractivity contribution in [3.05, 3.63) is 66.5 Å². The molecule has 2 heterocycles. The molecule has 0 bridgehead atoms. The van der Waals surface area contributed by atoms with Crippen LogP contribution in [0.1, 0.15) is 30.7 Å². The van der Waals surface area contributed by atoms with Crippen molar-refractivity contribution in [2.24, 2.45) is 5.92 Å². The van der Waals surface area contributed by atoms with E-state index in [-0.39, 0.29) is 28.7 Å². The minimum absolute atomic E-state index is 0.00678. The number of rotatable bonds is 6. The van der Waals surface area contributed by atoms with Crippen LogP contribution in [0.3, 0.4) is 0 Å². The second-order valence-corrected chi connectivity index (χ2v) is 10.3. The summed E-state index contributed by atoms with van der Waals surface area (Å²) in [5.41, 5.74) is 1.76. The van der Waals surface area contributed by atoms with Crippen LogP contribution in [-0.2, 0) is 14.8 Å². The number of pyridine rings is 1. The highest BCUT2D eigenvalue weighted by molar-refractivity contribution is 7.89. The predicted octanol–water partition coefficient (Wildman–Crippen LogP) is 3.01. The lowest BCUT2D eigenvalue weighted by molar-refractivity contribution is -0.117. The number of anilines is 1. The van der Waals surface area contributed by atoms with Crippen LogP contribution in [0.2, 0.25) is 0 Å². The standard InChI is InChI=1S/C24H26N4O3S/c29-24(27-20-4-1-18-15-26-10-7-17(18)13-20)23-14-22(23)16-2-5-21(6-3-16)32(30,31)28-19-8-11-25-12-9-19/h1-7,10,13,15,19,22-23,25,28H,8-9,11-12,14H2,(H,27,29)/t22-,23+/m0/s1. The van der Waals surface area contributed by atoms with Crippen molar-refractivity contribution in [1.82, 2.24) is 15.0 Å². The number of nitrogens with one attached hydrogen (secondary N) is 3. The van der Waals surface area contributed by atoms with Gasteiger partial charge in [-0.15, -0.1) is 0 Å². The maximum Gasteiger partial charge on any atom is 0.240 e. The zero-order chi connectivity index (χ0) is 22.1. The molecule has 1 saturated heterocycles. The molecule has 0 unspecified atom stereocenters. The highest BCUT2D eigenvalue weighted by Gasteiger charge is 2.44. The normalized spacial score (nSPS) is 21.4. The van der Waals surface area contributed by atoms with Gasteiger partial charge in [-0.05, 0) is 79.6 Å². The number of piperidine rings is 1. The summed E-state index contributed by atoms with van der Waals surface area (Å²) < 4.78 is 28.1. The molecule has 1 aliphatic carbocycles. The Balaban J connectivity index is 1.21. The summed E-state index contributed by atoms with van der Waals surface area (Å²) in [5.74, 6) is 0.0138. The Morgan fingerprint density at radius 3 is 2.56 bits per heavy atom. The summed E-state index contributed by atoms with van der Waals surface area (Å²) in [5, 5.41) is 8.29. The fourth-order valence-corrected chi connectivity index (χ4v) is 5.68. The fraction of sp³-hybridized carbons (Fsp3) is 0.333. The van der Waals surface area contributed by atoms with E-state index in [1.165, 1.54) is 0 Å². The first-order valence-electron chi connectivity index (χ1n) is 11.0. The van der Waals surface area contributed by atoms with E-state index in [1.807, 2.05) is 36.4 Å². The Labute approximate surface area is 187 Å². The number of fused-ring (bicyclic) bond motifs is 1. The molecule has 1 aliphatic heterocycles. The zero-order valence-corrected chi connectivity index (χ0v) is 18.4. The molecule has 7 nitrogen and oxygen atoms in total. The number of hydrogen-bond acceptors (Lipinski definition) is 5. The van der Waals surface area contributed by atoms with Crippen molar-refractivity contribution in [2.75, 3.05) is 18.4 Å². The SMILES string of the molecule is O=C(Nc1ccc2cnccc2c1)[C@@H]1C[C@H]1c1ccc(S(=O)(=O)NC2CCNCC2)cc1. The number of aromatic nitrogens is 1. The fourth-order valence-electron chi connectivity index (χ4n) is 4.37. The number of benzene rings is 2. The molecule has 1 amide bonds. The summed E-state index contributed by atoms with van der Waals surface area (Å²) in [6.45, 7) is 1.65. The van der Waals surface area contributed by atoms with Crippen LogP contribution in [0.4, 0.5) is 5.69 Å². The third-order valence-electron chi connectivity index (χ3n) is 6.31. The van der Waals surface area contributed by atoms with Gasteiger partial charge < -0.3 is 10.6 Å². The molecule has 8 heteroatoms. The summed E-state index contributed by atoms with van der Waals surface area (Å²) >= 11 is 0.